The Morgan fingerprint density at radius 3 is 2.75 bits per heavy atom. The maximum atomic E-state index is 11.0. The third kappa shape index (κ3) is 3.48. The highest BCUT2D eigenvalue weighted by Gasteiger charge is 2.11. The number of nitrogens with zero attached hydrogens (tertiary/aromatic N) is 1. The van der Waals surface area contributed by atoms with Crippen molar-refractivity contribution in [3.05, 3.63) is 58.7 Å². The molecule has 2 N–H and O–H groups in total. The smallest absolute Gasteiger partial charge is 0.337 e. The molecule has 1 aromatic heterocycles. The van der Waals surface area contributed by atoms with E-state index in [0.29, 0.717) is 18.3 Å². The highest BCUT2D eigenvalue weighted by atomic mass is 35.5. The minimum Gasteiger partial charge on any atom is -0.478 e. The van der Waals surface area contributed by atoms with Gasteiger partial charge in [-0.1, -0.05) is 48.9 Å². The Morgan fingerprint density at radius 1 is 1.40 bits per heavy atom. The Balaban J connectivity index is 2.04. The van der Waals surface area contributed by atoms with Gasteiger partial charge in [-0.15, -0.1) is 0 Å². The fourth-order valence-corrected chi connectivity index (χ4v) is 2.04. The molecular weight excluding hydrogens is 276 g/mol. The highest BCUT2D eigenvalue weighted by molar-refractivity contribution is 6.33. The van der Waals surface area contributed by atoms with Gasteiger partial charge in [0.05, 0.1) is 10.6 Å². The highest BCUT2D eigenvalue weighted by Crippen LogP contribution is 2.19. The van der Waals surface area contributed by atoms with Gasteiger partial charge in [0.15, 0.2) is 0 Å². The number of hydrogen-bond donors (Lipinski definition) is 2. The van der Waals surface area contributed by atoms with Crippen molar-refractivity contribution in [3.8, 4) is 0 Å². The van der Waals surface area contributed by atoms with Crippen LogP contribution in [0.5, 0.6) is 0 Å². The van der Waals surface area contributed by atoms with Crippen LogP contribution in [-0.4, -0.2) is 22.6 Å². The number of aromatic carboxylic acids is 1. The molecule has 0 bridgehead atoms. The molecule has 1 unspecified atom stereocenters. The second kappa shape index (κ2) is 6.39. The Bertz CT molecular complexity index is 602. The van der Waals surface area contributed by atoms with E-state index in [9.17, 15) is 4.79 Å². The number of pyridine rings is 1. The normalized spacial score (nSPS) is 11.9. The fraction of sp³-hybridized carbons (Fsp3) is 0.200. The monoisotopic (exact) mass is 290 g/mol. The number of aromatic nitrogens is 1. The molecule has 0 spiro atoms. The predicted octanol–water partition coefficient (Wildman–Crippen LogP) is 3.65. The lowest BCUT2D eigenvalue weighted by molar-refractivity contribution is 0.0697. The summed E-state index contributed by atoms with van der Waals surface area (Å²) in [6.45, 7) is 2.76. The van der Waals surface area contributed by atoms with E-state index in [1.807, 2.05) is 18.2 Å². The first-order chi connectivity index (χ1) is 9.58. The summed E-state index contributed by atoms with van der Waals surface area (Å²) in [4.78, 5) is 15.1. The van der Waals surface area contributed by atoms with Crippen molar-refractivity contribution in [2.45, 2.75) is 12.8 Å². The second-order valence-electron chi connectivity index (χ2n) is 4.55. The number of hydrogen-bond acceptors (Lipinski definition) is 3. The van der Waals surface area contributed by atoms with Gasteiger partial charge < -0.3 is 10.4 Å². The average Bonchev–Trinajstić information content (AvgIpc) is 2.46. The lowest BCUT2D eigenvalue weighted by Crippen LogP contribution is -2.11. The maximum absolute atomic E-state index is 11.0. The van der Waals surface area contributed by atoms with Crippen LogP contribution in [0.1, 0.15) is 28.8 Å². The number of carboxylic acids is 1. The largest absolute Gasteiger partial charge is 0.478 e. The van der Waals surface area contributed by atoms with Crippen LogP contribution in [0.3, 0.4) is 0 Å². The van der Waals surface area contributed by atoms with Crippen LogP contribution in [0.4, 0.5) is 5.82 Å². The van der Waals surface area contributed by atoms with Gasteiger partial charge in [0.2, 0.25) is 0 Å². The molecule has 0 aliphatic rings. The van der Waals surface area contributed by atoms with E-state index in [0.717, 1.165) is 0 Å². The van der Waals surface area contributed by atoms with Gasteiger partial charge in [0, 0.05) is 12.7 Å². The first-order valence-electron chi connectivity index (χ1n) is 6.25. The summed E-state index contributed by atoms with van der Waals surface area (Å²) < 4.78 is 0. The Morgan fingerprint density at radius 2 is 2.10 bits per heavy atom. The van der Waals surface area contributed by atoms with Gasteiger partial charge in [-0.25, -0.2) is 9.78 Å². The third-order valence-electron chi connectivity index (χ3n) is 3.04. The lowest BCUT2D eigenvalue weighted by atomic mass is 10.0. The van der Waals surface area contributed by atoms with Gasteiger partial charge in [0.1, 0.15) is 5.82 Å². The van der Waals surface area contributed by atoms with E-state index < -0.39 is 5.97 Å². The number of halogens is 1. The van der Waals surface area contributed by atoms with E-state index in [1.54, 1.807) is 0 Å². The lowest BCUT2D eigenvalue weighted by Gasteiger charge is -2.13. The van der Waals surface area contributed by atoms with Crippen molar-refractivity contribution in [1.82, 2.24) is 4.98 Å². The van der Waals surface area contributed by atoms with Gasteiger partial charge in [-0.2, -0.15) is 0 Å². The van der Waals surface area contributed by atoms with Gasteiger partial charge in [0.25, 0.3) is 0 Å². The molecule has 1 heterocycles. The molecule has 0 saturated heterocycles. The van der Waals surface area contributed by atoms with E-state index in [1.165, 1.54) is 17.8 Å². The summed E-state index contributed by atoms with van der Waals surface area (Å²) >= 11 is 5.78. The number of nitrogens with one attached hydrogen (secondary N) is 1. The Hall–Kier alpha value is -2.07. The van der Waals surface area contributed by atoms with Crippen molar-refractivity contribution in [1.29, 1.82) is 0 Å². The molecule has 0 radical (unpaired) electrons. The molecule has 5 heteroatoms. The van der Waals surface area contributed by atoms with Gasteiger partial charge >= 0.3 is 5.97 Å². The molecule has 0 aliphatic heterocycles. The molecular formula is C15H15ClN2O2. The molecule has 1 atom stereocenters. The first kappa shape index (κ1) is 14.3. The molecule has 20 heavy (non-hydrogen) atoms. The molecule has 104 valence electrons. The molecule has 2 rings (SSSR count). The van der Waals surface area contributed by atoms with Crippen molar-refractivity contribution < 1.29 is 9.90 Å². The topological polar surface area (TPSA) is 62.2 Å². The third-order valence-corrected chi connectivity index (χ3v) is 3.34. The molecule has 0 fully saturated rings. The summed E-state index contributed by atoms with van der Waals surface area (Å²) in [6, 6.07) is 11.5. The van der Waals surface area contributed by atoms with Crippen molar-refractivity contribution in [2.75, 3.05) is 11.9 Å². The van der Waals surface area contributed by atoms with Crippen molar-refractivity contribution >= 4 is 23.4 Å². The van der Waals surface area contributed by atoms with Crippen LogP contribution in [-0.2, 0) is 0 Å². The van der Waals surface area contributed by atoms with E-state index in [-0.39, 0.29) is 10.6 Å². The Kier molecular flexibility index (Phi) is 4.58. The van der Waals surface area contributed by atoms with Crippen LogP contribution in [0.15, 0.2) is 42.6 Å². The minimum absolute atomic E-state index is 0.0523. The molecule has 0 amide bonds. The van der Waals surface area contributed by atoms with Crippen LogP contribution in [0, 0.1) is 0 Å². The number of anilines is 1. The molecule has 0 saturated carbocycles. The predicted molar refractivity (Wildman–Crippen MR) is 79.6 cm³/mol. The summed E-state index contributed by atoms with van der Waals surface area (Å²) in [7, 11) is 0. The molecule has 0 aliphatic carbocycles. The number of carbonyl (C=O) groups is 1. The summed E-state index contributed by atoms with van der Waals surface area (Å²) in [5, 5.41) is 12.3. The average molecular weight is 291 g/mol. The quantitative estimate of drug-likeness (QED) is 0.882. The fourth-order valence-electron chi connectivity index (χ4n) is 1.86. The minimum atomic E-state index is -1.06. The zero-order chi connectivity index (χ0) is 14.5. The van der Waals surface area contributed by atoms with E-state index >= 15 is 0 Å². The van der Waals surface area contributed by atoms with Crippen molar-refractivity contribution in [2.24, 2.45) is 0 Å². The molecule has 2 aromatic rings. The van der Waals surface area contributed by atoms with Crippen molar-refractivity contribution in [3.63, 3.8) is 0 Å². The SMILES string of the molecule is CC(CNc1cc(C(=O)O)c(Cl)cn1)c1ccccc1. The van der Waals surface area contributed by atoms with Crippen LogP contribution >= 0.6 is 11.6 Å². The number of carboxylic acid groups (broad SMARTS) is 1. The van der Waals surface area contributed by atoms with Crippen LogP contribution in [0.2, 0.25) is 5.02 Å². The standard InChI is InChI=1S/C15H15ClN2O2/c1-10(11-5-3-2-4-6-11)8-17-14-7-12(15(19)20)13(16)9-18-14/h2-7,9-10H,8H2,1H3,(H,17,18)(H,19,20). The molecule has 1 aromatic carbocycles. The zero-order valence-corrected chi connectivity index (χ0v) is 11.8. The first-order valence-corrected chi connectivity index (χ1v) is 6.63. The maximum Gasteiger partial charge on any atom is 0.337 e. The summed E-state index contributed by atoms with van der Waals surface area (Å²) in [5.41, 5.74) is 1.27. The van der Waals surface area contributed by atoms with Gasteiger partial charge in [-0.05, 0) is 17.5 Å². The Labute approximate surface area is 122 Å². The van der Waals surface area contributed by atoms with E-state index in [2.05, 4.69) is 29.4 Å². The van der Waals surface area contributed by atoms with Crippen LogP contribution < -0.4 is 5.32 Å². The zero-order valence-electron chi connectivity index (χ0n) is 11.0. The van der Waals surface area contributed by atoms with E-state index in [4.69, 9.17) is 16.7 Å². The number of rotatable bonds is 5. The molecule has 4 nitrogen and oxygen atoms in total. The summed E-state index contributed by atoms with van der Waals surface area (Å²) in [6.07, 6.45) is 1.35. The van der Waals surface area contributed by atoms with Crippen LogP contribution in [0.25, 0.3) is 0 Å². The number of benzene rings is 1. The summed E-state index contributed by atoms with van der Waals surface area (Å²) in [5.74, 6) is -0.256. The van der Waals surface area contributed by atoms with Gasteiger partial charge in [-0.3, -0.25) is 0 Å². The second-order valence-corrected chi connectivity index (χ2v) is 4.95.